The molecule has 1 fully saturated rings. The van der Waals surface area contributed by atoms with Gasteiger partial charge in [0.1, 0.15) is 0 Å². The first-order chi connectivity index (χ1) is 8.30. The third kappa shape index (κ3) is 2.68. The summed E-state index contributed by atoms with van der Waals surface area (Å²) in [5.41, 5.74) is 8.02. The number of hydrogen-bond acceptors (Lipinski definition) is 3. The monoisotopic (exact) mass is 235 g/mol. The van der Waals surface area contributed by atoms with E-state index in [0.29, 0.717) is 19.8 Å². The minimum absolute atomic E-state index is 0.550. The van der Waals surface area contributed by atoms with Gasteiger partial charge in [-0.2, -0.15) is 0 Å². The van der Waals surface area contributed by atoms with Crippen LogP contribution in [0.5, 0.6) is 0 Å². The van der Waals surface area contributed by atoms with Crippen molar-refractivity contribution in [2.75, 3.05) is 19.8 Å². The van der Waals surface area contributed by atoms with Crippen LogP contribution in [0.3, 0.4) is 0 Å². The van der Waals surface area contributed by atoms with Gasteiger partial charge in [-0.25, -0.2) is 0 Å². The summed E-state index contributed by atoms with van der Waals surface area (Å²) < 4.78 is 11.6. The molecule has 2 rings (SSSR count). The molecule has 1 aliphatic rings. The van der Waals surface area contributed by atoms with Gasteiger partial charge in [0.15, 0.2) is 5.79 Å². The molecule has 3 heteroatoms. The molecule has 3 nitrogen and oxygen atoms in total. The van der Waals surface area contributed by atoms with Crippen molar-refractivity contribution < 1.29 is 9.47 Å². The van der Waals surface area contributed by atoms with E-state index in [4.69, 9.17) is 15.2 Å². The van der Waals surface area contributed by atoms with Crippen LogP contribution >= 0.6 is 0 Å². The van der Waals surface area contributed by atoms with E-state index >= 15 is 0 Å². The summed E-state index contributed by atoms with van der Waals surface area (Å²) in [5.74, 6) is -0.550. The molecule has 0 radical (unpaired) electrons. The normalized spacial score (nSPS) is 18.5. The van der Waals surface area contributed by atoms with Crippen LogP contribution in [0, 0.1) is 0 Å². The van der Waals surface area contributed by atoms with Crippen LogP contribution in [0.2, 0.25) is 0 Å². The number of ether oxygens (including phenoxy) is 2. The molecule has 0 bridgehead atoms. The third-order valence-corrected chi connectivity index (χ3v) is 3.27. The van der Waals surface area contributed by atoms with Crippen molar-refractivity contribution in [3.8, 4) is 0 Å². The molecule has 0 unspecified atom stereocenters. The highest BCUT2D eigenvalue weighted by Crippen LogP contribution is 2.35. The van der Waals surface area contributed by atoms with Crippen LogP contribution in [-0.2, 0) is 21.7 Å². The van der Waals surface area contributed by atoms with Crippen molar-refractivity contribution in [2.24, 2.45) is 5.73 Å². The maximum Gasteiger partial charge on any atom is 0.195 e. The summed E-state index contributed by atoms with van der Waals surface area (Å²) in [6, 6.07) is 8.51. The second kappa shape index (κ2) is 5.63. The molecular weight excluding hydrogens is 214 g/mol. The van der Waals surface area contributed by atoms with Gasteiger partial charge in [0, 0.05) is 12.0 Å². The lowest BCUT2D eigenvalue weighted by molar-refractivity contribution is -0.171. The summed E-state index contributed by atoms with van der Waals surface area (Å²) in [5, 5.41) is 0. The molecule has 0 saturated carbocycles. The zero-order valence-electron chi connectivity index (χ0n) is 10.4. The highest BCUT2D eigenvalue weighted by molar-refractivity contribution is 5.26. The number of hydrogen-bond donors (Lipinski definition) is 1. The molecule has 0 spiro atoms. The van der Waals surface area contributed by atoms with Crippen molar-refractivity contribution in [3.63, 3.8) is 0 Å². The topological polar surface area (TPSA) is 44.5 Å². The Morgan fingerprint density at radius 2 is 1.82 bits per heavy atom. The molecule has 1 aromatic rings. The lowest BCUT2D eigenvalue weighted by Crippen LogP contribution is -2.28. The average molecular weight is 235 g/mol. The van der Waals surface area contributed by atoms with Gasteiger partial charge >= 0.3 is 0 Å². The summed E-state index contributed by atoms with van der Waals surface area (Å²) in [4.78, 5) is 0. The number of nitrogens with two attached hydrogens (primary N) is 1. The van der Waals surface area contributed by atoms with Gasteiger partial charge in [-0.1, -0.05) is 31.2 Å². The lowest BCUT2D eigenvalue weighted by Gasteiger charge is -2.28. The van der Waals surface area contributed by atoms with E-state index in [9.17, 15) is 0 Å². The zero-order valence-corrected chi connectivity index (χ0v) is 10.4. The fraction of sp³-hybridized carbons (Fsp3) is 0.571. The van der Waals surface area contributed by atoms with Crippen LogP contribution in [0.4, 0.5) is 0 Å². The predicted molar refractivity (Wildman–Crippen MR) is 67.7 cm³/mol. The number of aryl methyl sites for hydroxylation is 1. The molecule has 0 amide bonds. The first-order valence-corrected chi connectivity index (χ1v) is 6.38. The molecule has 94 valence electrons. The fourth-order valence-electron chi connectivity index (χ4n) is 2.24. The Morgan fingerprint density at radius 3 is 2.35 bits per heavy atom. The van der Waals surface area contributed by atoms with Gasteiger partial charge in [0.2, 0.25) is 0 Å². The minimum atomic E-state index is -0.550. The SMILES string of the molecule is CCc1ccc(C2(CCCN)OCCO2)cc1. The molecule has 1 saturated heterocycles. The Morgan fingerprint density at radius 1 is 1.18 bits per heavy atom. The van der Waals surface area contributed by atoms with Crippen LogP contribution in [0.25, 0.3) is 0 Å². The molecule has 1 aliphatic heterocycles. The fourth-order valence-corrected chi connectivity index (χ4v) is 2.24. The maximum absolute atomic E-state index is 5.82. The van der Waals surface area contributed by atoms with E-state index in [-0.39, 0.29) is 0 Å². The van der Waals surface area contributed by atoms with E-state index in [0.717, 1.165) is 24.8 Å². The molecule has 17 heavy (non-hydrogen) atoms. The van der Waals surface area contributed by atoms with Gasteiger partial charge < -0.3 is 15.2 Å². The second-order valence-corrected chi connectivity index (χ2v) is 4.39. The minimum Gasteiger partial charge on any atom is -0.343 e. The Labute approximate surface area is 103 Å². The Kier molecular flexibility index (Phi) is 4.15. The van der Waals surface area contributed by atoms with Gasteiger partial charge in [-0.3, -0.25) is 0 Å². The van der Waals surface area contributed by atoms with Crippen molar-refractivity contribution in [3.05, 3.63) is 35.4 Å². The van der Waals surface area contributed by atoms with E-state index in [1.54, 1.807) is 0 Å². The van der Waals surface area contributed by atoms with Crippen LogP contribution in [-0.4, -0.2) is 19.8 Å². The van der Waals surface area contributed by atoms with Crippen LogP contribution in [0.15, 0.2) is 24.3 Å². The Bertz CT molecular complexity index is 342. The Balaban J connectivity index is 2.19. The highest BCUT2D eigenvalue weighted by Gasteiger charge is 2.37. The lowest BCUT2D eigenvalue weighted by atomic mass is 9.98. The Hall–Kier alpha value is -0.900. The standard InChI is InChI=1S/C14H21NO2/c1-2-12-4-6-13(7-5-12)14(8-3-9-15)16-10-11-17-14/h4-7H,2-3,8-11,15H2,1H3. The molecule has 1 aromatic carbocycles. The second-order valence-electron chi connectivity index (χ2n) is 4.39. The smallest absolute Gasteiger partial charge is 0.195 e. The summed E-state index contributed by atoms with van der Waals surface area (Å²) >= 11 is 0. The van der Waals surface area contributed by atoms with Crippen LogP contribution < -0.4 is 5.73 Å². The first kappa shape index (κ1) is 12.6. The summed E-state index contributed by atoms with van der Waals surface area (Å²) in [6.45, 7) is 4.16. The van der Waals surface area contributed by atoms with Crippen molar-refractivity contribution in [1.29, 1.82) is 0 Å². The molecule has 1 heterocycles. The van der Waals surface area contributed by atoms with Gasteiger partial charge in [0.05, 0.1) is 13.2 Å². The number of rotatable bonds is 5. The van der Waals surface area contributed by atoms with E-state index in [1.165, 1.54) is 5.56 Å². The number of benzene rings is 1. The van der Waals surface area contributed by atoms with Crippen molar-refractivity contribution in [2.45, 2.75) is 32.0 Å². The van der Waals surface area contributed by atoms with Crippen molar-refractivity contribution in [1.82, 2.24) is 0 Å². The van der Waals surface area contributed by atoms with Gasteiger partial charge in [-0.05, 0) is 24.9 Å². The summed E-state index contributed by atoms with van der Waals surface area (Å²) in [7, 11) is 0. The molecule has 2 N–H and O–H groups in total. The average Bonchev–Trinajstić information content (AvgIpc) is 2.86. The predicted octanol–water partition coefficient (Wildman–Crippen LogP) is 2.19. The van der Waals surface area contributed by atoms with Gasteiger partial charge in [0.25, 0.3) is 0 Å². The first-order valence-electron chi connectivity index (χ1n) is 6.38. The largest absolute Gasteiger partial charge is 0.343 e. The van der Waals surface area contributed by atoms with Crippen molar-refractivity contribution >= 4 is 0 Å². The third-order valence-electron chi connectivity index (χ3n) is 3.27. The van der Waals surface area contributed by atoms with E-state index in [2.05, 4.69) is 31.2 Å². The molecular formula is C14H21NO2. The molecule has 0 atom stereocenters. The molecule has 0 aromatic heterocycles. The summed E-state index contributed by atoms with van der Waals surface area (Å²) in [6.07, 6.45) is 2.79. The molecule has 0 aliphatic carbocycles. The highest BCUT2D eigenvalue weighted by atomic mass is 16.7. The quantitative estimate of drug-likeness (QED) is 0.850. The van der Waals surface area contributed by atoms with Crippen LogP contribution in [0.1, 0.15) is 30.9 Å². The van der Waals surface area contributed by atoms with E-state index in [1.807, 2.05) is 0 Å². The maximum atomic E-state index is 5.82. The van der Waals surface area contributed by atoms with E-state index < -0.39 is 5.79 Å². The zero-order chi connectivity index (χ0) is 12.1. The van der Waals surface area contributed by atoms with Gasteiger partial charge in [-0.15, -0.1) is 0 Å².